The number of carbonyl (C=O) groups excluding carboxylic acids is 1. The highest BCUT2D eigenvalue weighted by molar-refractivity contribution is 5.78. The first-order valence-electron chi connectivity index (χ1n) is 5.97. The molecule has 5 N–H and O–H groups in total. The van der Waals surface area contributed by atoms with E-state index in [4.69, 9.17) is 21.4 Å². The van der Waals surface area contributed by atoms with Crippen LogP contribution in [0.3, 0.4) is 0 Å². The summed E-state index contributed by atoms with van der Waals surface area (Å²) in [6.45, 7) is 1.25. The number of nitrogens with two attached hydrogens (primary N) is 2. The van der Waals surface area contributed by atoms with E-state index in [1.165, 1.54) is 0 Å². The molecule has 0 aliphatic heterocycles. The number of ketones is 1. The van der Waals surface area contributed by atoms with Crippen LogP contribution in [-0.4, -0.2) is 36.1 Å². The van der Waals surface area contributed by atoms with Crippen molar-refractivity contribution in [1.82, 2.24) is 0 Å². The molecule has 0 aromatic heterocycles. The van der Waals surface area contributed by atoms with Crippen LogP contribution in [0.5, 0.6) is 0 Å². The molecule has 0 aliphatic carbocycles. The maximum atomic E-state index is 11.0. The average molecular weight is 286 g/mol. The van der Waals surface area contributed by atoms with Crippen LogP contribution in [0.25, 0.3) is 0 Å². The number of carboxylic acids is 1. The second kappa shape index (κ2) is 11.9. The van der Waals surface area contributed by atoms with E-state index >= 15 is 0 Å². The molecule has 0 saturated heterocycles. The Morgan fingerprint density at radius 2 is 1.37 bits per heavy atom. The summed E-state index contributed by atoms with van der Waals surface area (Å²) < 4.78 is 31.7. The fourth-order valence-electron chi connectivity index (χ4n) is 1.11. The van der Waals surface area contributed by atoms with Crippen LogP contribution in [-0.2, 0) is 9.59 Å². The number of hydrogen-bond acceptors (Lipinski definition) is 4. The first-order valence-corrected chi connectivity index (χ1v) is 5.97. The van der Waals surface area contributed by atoms with Gasteiger partial charge in [-0.2, -0.15) is 13.2 Å². The molecule has 0 atom stereocenters. The molecular formula is C11H21F3N2O3. The van der Waals surface area contributed by atoms with Gasteiger partial charge in [0.15, 0.2) is 0 Å². The molecule has 0 aliphatic rings. The number of halogens is 3. The van der Waals surface area contributed by atoms with E-state index in [0.29, 0.717) is 25.2 Å². The summed E-state index contributed by atoms with van der Waals surface area (Å²) in [7, 11) is 0. The molecule has 0 aromatic rings. The molecule has 114 valence electrons. The topological polar surface area (TPSA) is 106 Å². The summed E-state index contributed by atoms with van der Waals surface area (Å²) in [4.78, 5) is 19.9. The molecule has 0 bridgehead atoms. The van der Waals surface area contributed by atoms with E-state index in [2.05, 4.69) is 0 Å². The second-order valence-electron chi connectivity index (χ2n) is 3.83. The Kier molecular flexibility index (Phi) is 12.6. The van der Waals surface area contributed by atoms with Crippen molar-refractivity contribution >= 4 is 11.8 Å². The standard InChI is InChI=1S/C9H20N2O.C2HF3O2/c10-7-4-2-1-3-5-9(12)6-8-11;3-2(4,5)1(6)7/h1-8,10-11H2;(H,6,7). The maximum absolute atomic E-state index is 11.0. The van der Waals surface area contributed by atoms with Gasteiger partial charge in [0.05, 0.1) is 0 Å². The van der Waals surface area contributed by atoms with Crippen molar-refractivity contribution < 1.29 is 27.9 Å². The molecule has 0 aromatic carbocycles. The van der Waals surface area contributed by atoms with Crippen molar-refractivity contribution in [3.63, 3.8) is 0 Å². The van der Waals surface area contributed by atoms with Crippen molar-refractivity contribution in [3.05, 3.63) is 0 Å². The van der Waals surface area contributed by atoms with Crippen molar-refractivity contribution in [2.45, 2.75) is 44.7 Å². The van der Waals surface area contributed by atoms with Gasteiger partial charge in [-0.3, -0.25) is 4.79 Å². The lowest BCUT2D eigenvalue weighted by atomic mass is 10.1. The van der Waals surface area contributed by atoms with Crippen LogP contribution in [0.2, 0.25) is 0 Å². The van der Waals surface area contributed by atoms with Crippen molar-refractivity contribution in [2.75, 3.05) is 13.1 Å². The molecule has 0 fully saturated rings. The zero-order valence-corrected chi connectivity index (χ0v) is 10.7. The lowest BCUT2D eigenvalue weighted by Crippen LogP contribution is -2.21. The van der Waals surface area contributed by atoms with Crippen LogP contribution in [0, 0.1) is 0 Å². The third-order valence-corrected chi connectivity index (χ3v) is 2.08. The van der Waals surface area contributed by atoms with Crippen molar-refractivity contribution in [1.29, 1.82) is 0 Å². The summed E-state index contributed by atoms with van der Waals surface area (Å²) in [6.07, 6.45) is 0.489. The average Bonchev–Trinajstić information content (AvgIpc) is 2.28. The minimum Gasteiger partial charge on any atom is -0.475 e. The van der Waals surface area contributed by atoms with Gasteiger partial charge in [0.25, 0.3) is 0 Å². The van der Waals surface area contributed by atoms with Gasteiger partial charge in [-0.1, -0.05) is 12.8 Å². The summed E-state index contributed by atoms with van der Waals surface area (Å²) in [5.74, 6) is -2.46. The van der Waals surface area contributed by atoms with Crippen LogP contribution in [0.15, 0.2) is 0 Å². The third-order valence-electron chi connectivity index (χ3n) is 2.08. The lowest BCUT2D eigenvalue weighted by Gasteiger charge is -1.98. The van der Waals surface area contributed by atoms with Crippen LogP contribution < -0.4 is 11.5 Å². The predicted octanol–water partition coefficient (Wildman–Crippen LogP) is 1.45. The Morgan fingerprint density at radius 3 is 1.74 bits per heavy atom. The smallest absolute Gasteiger partial charge is 0.475 e. The number of carbonyl (C=O) groups is 2. The first-order chi connectivity index (χ1) is 8.75. The number of rotatable bonds is 8. The largest absolute Gasteiger partial charge is 0.490 e. The fraction of sp³-hybridized carbons (Fsp3) is 0.818. The number of hydrogen-bond donors (Lipinski definition) is 3. The Balaban J connectivity index is 0. The maximum Gasteiger partial charge on any atom is 0.490 e. The molecule has 19 heavy (non-hydrogen) atoms. The molecule has 8 heteroatoms. The summed E-state index contributed by atoms with van der Waals surface area (Å²) in [5.41, 5.74) is 10.6. The minimum atomic E-state index is -5.08. The normalized spacial score (nSPS) is 10.6. The summed E-state index contributed by atoms with van der Waals surface area (Å²) in [6, 6.07) is 0. The molecular weight excluding hydrogens is 265 g/mol. The highest BCUT2D eigenvalue weighted by atomic mass is 19.4. The predicted molar refractivity (Wildman–Crippen MR) is 64.5 cm³/mol. The van der Waals surface area contributed by atoms with Gasteiger partial charge < -0.3 is 16.6 Å². The summed E-state index contributed by atoms with van der Waals surface area (Å²) >= 11 is 0. The van der Waals surface area contributed by atoms with Crippen LogP contribution in [0.1, 0.15) is 38.5 Å². The number of carboxylic acid groups (broad SMARTS) is 1. The molecule has 0 radical (unpaired) electrons. The monoisotopic (exact) mass is 286 g/mol. The Bertz CT molecular complexity index is 258. The number of Topliss-reactive ketones (excluding diaryl/α,β-unsaturated/α-hetero) is 1. The van der Waals surface area contributed by atoms with Gasteiger partial charge in [-0.05, 0) is 25.9 Å². The first kappa shape index (κ1) is 20.2. The highest BCUT2D eigenvalue weighted by Gasteiger charge is 2.38. The van der Waals surface area contributed by atoms with E-state index in [1.54, 1.807) is 0 Å². The SMILES string of the molecule is NCCCCCCC(=O)CCN.O=C(O)C(F)(F)F. The summed E-state index contributed by atoms with van der Waals surface area (Å²) in [5, 5.41) is 7.12. The van der Waals surface area contributed by atoms with Crippen molar-refractivity contribution in [2.24, 2.45) is 11.5 Å². The fourth-order valence-corrected chi connectivity index (χ4v) is 1.11. The van der Waals surface area contributed by atoms with E-state index in [1.807, 2.05) is 0 Å². The van der Waals surface area contributed by atoms with Gasteiger partial charge in [-0.25, -0.2) is 4.79 Å². The highest BCUT2D eigenvalue weighted by Crippen LogP contribution is 2.13. The second-order valence-corrected chi connectivity index (χ2v) is 3.83. The van der Waals surface area contributed by atoms with Crippen molar-refractivity contribution in [3.8, 4) is 0 Å². The minimum absolute atomic E-state index is 0.297. The van der Waals surface area contributed by atoms with Crippen LogP contribution >= 0.6 is 0 Å². The quantitative estimate of drug-likeness (QED) is 0.585. The molecule has 0 saturated carbocycles. The van der Waals surface area contributed by atoms with E-state index in [-0.39, 0.29) is 0 Å². The van der Waals surface area contributed by atoms with E-state index < -0.39 is 12.1 Å². The van der Waals surface area contributed by atoms with E-state index in [9.17, 15) is 18.0 Å². The Hall–Kier alpha value is -1.15. The number of alkyl halides is 3. The van der Waals surface area contributed by atoms with Crippen LogP contribution in [0.4, 0.5) is 13.2 Å². The van der Waals surface area contributed by atoms with E-state index in [0.717, 1.165) is 32.2 Å². The molecule has 0 heterocycles. The van der Waals surface area contributed by atoms with Gasteiger partial charge in [-0.15, -0.1) is 0 Å². The molecule has 0 rings (SSSR count). The lowest BCUT2D eigenvalue weighted by molar-refractivity contribution is -0.192. The zero-order chi connectivity index (χ0) is 15.3. The Morgan fingerprint density at radius 1 is 0.895 bits per heavy atom. The molecule has 0 amide bonds. The number of aliphatic carboxylic acids is 1. The Labute approximate surface area is 110 Å². The molecule has 0 spiro atoms. The van der Waals surface area contributed by atoms with Gasteiger partial charge in [0.1, 0.15) is 5.78 Å². The van der Waals surface area contributed by atoms with Gasteiger partial charge in [0.2, 0.25) is 0 Å². The zero-order valence-electron chi connectivity index (χ0n) is 10.7. The van der Waals surface area contributed by atoms with Gasteiger partial charge >= 0.3 is 12.1 Å². The molecule has 0 unspecified atom stereocenters. The third kappa shape index (κ3) is 16.9. The molecule has 5 nitrogen and oxygen atoms in total. The van der Waals surface area contributed by atoms with Gasteiger partial charge in [0, 0.05) is 12.8 Å². The number of unbranched alkanes of at least 4 members (excludes halogenated alkanes) is 3.